The highest BCUT2D eigenvalue weighted by Crippen LogP contribution is 2.19. The third kappa shape index (κ3) is 5.05. The van der Waals surface area contributed by atoms with E-state index in [-0.39, 0.29) is 17.2 Å². The van der Waals surface area contributed by atoms with E-state index in [4.69, 9.17) is 0 Å². The molecule has 0 radical (unpaired) electrons. The van der Waals surface area contributed by atoms with Gasteiger partial charge in [0.05, 0.1) is 0 Å². The highest BCUT2D eigenvalue weighted by atomic mass is 16.2. The Morgan fingerprint density at radius 2 is 1.79 bits per heavy atom. The van der Waals surface area contributed by atoms with Crippen LogP contribution in [0.25, 0.3) is 11.1 Å². The van der Waals surface area contributed by atoms with Crippen molar-refractivity contribution in [3.63, 3.8) is 0 Å². The van der Waals surface area contributed by atoms with Gasteiger partial charge in [0.15, 0.2) is 0 Å². The van der Waals surface area contributed by atoms with E-state index in [1.807, 2.05) is 31.3 Å². The van der Waals surface area contributed by atoms with E-state index in [2.05, 4.69) is 25.9 Å². The van der Waals surface area contributed by atoms with Gasteiger partial charge in [-0.3, -0.25) is 14.6 Å². The Balaban J connectivity index is 1.68. The summed E-state index contributed by atoms with van der Waals surface area (Å²) in [5.74, 6) is -0.334. The molecule has 0 atom stereocenters. The number of pyridine rings is 2. The van der Waals surface area contributed by atoms with Crippen molar-refractivity contribution >= 4 is 17.3 Å². The molecule has 0 saturated carbocycles. The fraction of sp³-hybridized carbons (Fsp3) is 0.190. The van der Waals surface area contributed by atoms with Crippen LogP contribution in [0.5, 0.6) is 0 Å². The molecule has 144 valence electrons. The van der Waals surface area contributed by atoms with Crippen molar-refractivity contribution in [1.29, 1.82) is 0 Å². The number of nitrogens with one attached hydrogen (secondary N) is 4. The zero-order chi connectivity index (χ0) is 19.8. The van der Waals surface area contributed by atoms with E-state index in [9.17, 15) is 9.59 Å². The van der Waals surface area contributed by atoms with Gasteiger partial charge in [-0.2, -0.15) is 0 Å². The van der Waals surface area contributed by atoms with Crippen LogP contribution in [0, 0.1) is 0 Å². The van der Waals surface area contributed by atoms with Crippen LogP contribution >= 0.6 is 0 Å². The van der Waals surface area contributed by atoms with Gasteiger partial charge in [-0.15, -0.1) is 0 Å². The van der Waals surface area contributed by atoms with Gasteiger partial charge in [0.1, 0.15) is 5.69 Å². The highest BCUT2D eigenvalue weighted by molar-refractivity contribution is 6.04. The normalized spacial score (nSPS) is 10.5. The lowest BCUT2D eigenvalue weighted by atomic mass is 10.1. The summed E-state index contributed by atoms with van der Waals surface area (Å²) in [7, 11) is 1.92. The SMILES string of the molecule is CNCCCNc1ccc(C(=O)Nc2cc(-c3ccncc3)c[nH]c2=O)cc1. The van der Waals surface area contributed by atoms with Crippen LogP contribution in [0.15, 0.2) is 65.8 Å². The summed E-state index contributed by atoms with van der Waals surface area (Å²) in [5, 5.41) is 9.08. The number of aromatic nitrogens is 2. The van der Waals surface area contributed by atoms with Gasteiger partial charge in [0.2, 0.25) is 0 Å². The van der Waals surface area contributed by atoms with Gasteiger partial charge in [-0.05, 0) is 68.0 Å². The molecule has 28 heavy (non-hydrogen) atoms. The van der Waals surface area contributed by atoms with E-state index in [0.717, 1.165) is 36.3 Å². The van der Waals surface area contributed by atoms with E-state index >= 15 is 0 Å². The van der Waals surface area contributed by atoms with Crippen LogP contribution in [-0.2, 0) is 0 Å². The van der Waals surface area contributed by atoms with E-state index in [0.29, 0.717) is 5.56 Å². The van der Waals surface area contributed by atoms with Crippen molar-refractivity contribution in [3.8, 4) is 11.1 Å². The first-order chi connectivity index (χ1) is 13.7. The highest BCUT2D eigenvalue weighted by Gasteiger charge is 2.10. The molecule has 2 heterocycles. The Labute approximate surface area is 163 Å². The minimum Gasteiger partial charge on any atom is -0.385 e. The van der Waals surface area contributed by atoms with Crippen molar-refractivity contribution in [2.45, 2.75) is 6.42 Å². The van der Waals surface area contributed by atoms with Crippen molar-refractivity contribution in [1.82, 2.24) is 15.3 Å². The first-order valence-electron chi connectivity index (χ1n) is 9.10. The van der Waals surface area contributed by atoms with E-state index < -0.39 is 0 Å². The van der Waals surface area contributed by atoms with Crippen LogP contribution < -0.4 is 21.5 Å². The average molecular weight is 377 g/mol. The lowest BCUT2D eigenvalue weighted by molar-refractivity contribution is 0.102. The number of aromatic amines is 1. The number of hydrogen-bond donors (Lipinski definition) is 4. The van der Waals surface area contributed by atoms with Crippen molar-refractivity contribution in [2.24, 2.45) is 0 Å². The molecule has 1 aromatic carbocycles. The number of amides is 1. The standard InChI is InChI=1S/C21H23N5O2/c1-22-9-2-10-24-18-5-3-16(4-6-18)20(27)26-19-13-17(14-25-21(19)28)15-7-11-23-12-8-15/h3-8,11-14,22,24H,2,9-10H2,1H3,(H,25,28)(H,26,27). The van der Waals surface area contributed by atoms with Gasteiger partial charge >= 0.3 is 0 Å². The monoisotopic (exact) mass is 377 g/mol. The molecule has 0 aliphatic carbocycles. The Morgan fingerprint density at radius 3 is 2.50 bits per heavy atom. The molecular weight excluding hydrogens is 354 g/mol. The van der Waals surface area contributed by atoms with E-state index in [1.165, 1.54) is 0 Å². The van der Waals surface area contributed by atoms with Gasteiger partial charge in [-0.25, -0.2) is 0 Å². The number of carbonyl (C=O) groups is 1. The predicted octanol–water partition coefficient (Wildman–Crippen LogP) is 2.71. The Kier molecular flexibility index (Phi) is 6.54. The number of hydrogen-bond acceptors (Lipinski definition) is 5. The summed E-state index contributed by atoms with van der Waals surface area (Å²) in [6.45, 7) is 1.80. The smallest absolute Gasteiger partial charge is 0.271 e. The summed E-state index contributed by atoms with van der Waals surface area (Å²) >= 11 is 0. The largest absolute Gasteiger partial charge is 0.385 e. The van der Waals surface area contributed by atoms with Gasteiger partial charge < -0.3 is 20.9 Å². The minimum atomic E-state index is -0.353. The second kappa shape index (κ2) is 9.48. The molecule has 7 heteroatoms. The van der Waals surface area contributed by atoms with E-state index in [1.54, 1.807) is 36.8 Å². The molecule has 2 aromatic heterocycles. The molecule has 0 unspecified atom stereocenters. The third-order valence-corrected chi connectivity index (χ3v) is 4.24. The number of rotatable bonds is 8. The van der Waals surface area contributed by atoms with Crippen LogP contribution in [0.4, 0.5) is 11.4 Å². The number of benzene rings is 1. The Bertz CT molecular complexity index is 968. The molecule has 0 aliphatic rings. The number of nitrogens with zero attached hydrogens (tertiary/aromatic N) is 1. The summed E-state index contributed by atoms with van der Waals surface area (Å²) < 4.78 is 0. The van der Waals surface area contributed by atoms with Gasteiger partial charge in [0, 0.05) is 41.9 Å². The molecule has 3 aromatic rings. The molecule has 0 fully saturated rings. The molecule has 0 aliphatic heterocycles. The maximum atomic E-state index is 12.5. The summed E-state index contributed by atoms with van der Waals surface area (Å²) in [6, 6.07) is 12.5. The summed E-state index contributed by atoms with van der Waals surface area (Å²) in [6.07, 6.45) is 5.97. The topological polar surface area (TPSA) is 98.9 Å². The number of anilines is 2. The molecular formula is C21H23N5O2. The summed E-state index contributed by atoms with van der Waals surface area (Å²) in [4.78, 5) is 31.3. The fourth-order valence-corrected chi connectivity index (χ4v) is 2.72. The van der Waals surface area contributed by atoms with Crippen LogP contribution in [0.2, 0.25) is 0 Å². The second-order valence-electron chi connectivity index (χ2n) is 6.28. The quantitative estimate of drug-likeness (QED) is 0.453. The van der Waals surface area contributed by atoms with Crippen molar-refractivity contribution < 1.29 is 4.79 Å². The molecule has 7 nitrogen and oxygen atoms in total. The van der Waals surface area contributed by atoms with Crippen LogP contribution in [0.3, 0.4) is 0 Å². The maximum Gasteiger partial charge on any atom is 0.271 e. The zero-order valence-corrected chi connectivity index (χ0v) is 15.7. The van der Waals surface area contributed by atoms with Crippen molar-refractivity contribution in [2.75, 3.05) is 30.8 Å². The van der Waals surface area contributed by atoms with Crippen molar-refractivity contribution in [3.05, 3.63) is 77.0 Å². The maximum absolute atomic E-state index is 12.5. The average Bonchev–Trinajstić information content (AvgIpc) is 2.74. The first kappa shape index (κ1) is 19.3. The first-order valence-corrected chi connectivity index (χ1v) is 9.10. The molecule has 0 saturated heterocycles. The zero-order valence-electron chi connectivity index (χ0n) is 15.7. The second-order valence-corrected chi connectivity index (χ2v) is 6.28. The fourth-order valence-electron chi connectivity index (χ4n) is 2.72. The Hall–Kier alpha value is -3.45. The third-order valence-electron chi connectivity index (χ3n) is 4.24. The molecule has 3 rings (SSSR count). The predicted molar refractivity (Wildman–Crippen MR) is 112 cm³/mol. The van der Waals surface area contributed by atoms with Gasteiger partial charge in [0.25, 0.3) is 11.5 Å². The lowest BCUT2D eigenvalue weighted by Gasteiger charge is -2.09. The summed E-state index contributed by atoms with van der Waals surface area (Å²) in [5.41, 5.74) is 2.97. The van der Waals surface area contributed by atoms with Crippen LogP contribution in [0.1, 0.15) is 16.8 Å². The van der Waals surface area contributed by atoms with Crippen LogP contribution in [-0.4, -0.2) is 36.0 Å². The lowest BCUT2D eigenvalue weighted by Crippen LogP contribution is -2.19. The number of carbonyl (C=O) groups excluding carboxylic acids is 1. The van der Waals surface area contributed by atoms with Gasteiger partial charge in [-0.1, -0.05) is 0 Å². The Morgan fingerprint density at radius 1 is 1.04 bits per heavy atom. The molecule has 0 bridgehead atoms. The number of H-pyrrole nitrogens is 1. The minimum absolute atomic E-state index is 0.202. The molecule has 0 spiro atoms. The molecule has 4 N–H and O–H groups in total. The molecule has 1 amide bonds.